The van der Waals surface area contributed by atoms with Crippen LogP contribution < -0.4 is 11.1 Å². The van der Waals surface area contributed by atoms with Gasteiger partial charge >= 0.3 is 0 Å². The van der Waals surface area contributed by atoms with Crippen molar-refractivity contribution in [3.63, 3.8) is 0 Å². The number of hydrogen-bond donors (Lipinski definition) is 2. The van der Waals surface area contributed by atoms with Gasteiger partial charge in [-0.25, -0.2) is 0 Å². The van der Waals surface area contributed by atoms with Gasteiger partial charge in [0.1, 0.15) is 0 Å². The highest BCUT2D eigenvalue weighted by molar-refractivity contribution is 5.86. The van der Waals surface area contributed by atoms with Crippen LogP contribution in [0.3, 0.4) is 0 Å². The van der Waals surface area contributed by atoms with Crippen molar-refractivity contribution in [2.45, 2.75) is 44.6 Å². The van der Waals surface area contributed by atoms with Gasteiger partial charge in [0.15, 0.2) is 0 Å². The Morgan fingerprint density at radius 1 is 1.39 bits per heavy atom. The summed E-state index contributed by atoms with van der Waals surface area (Å²) in [6, 6.07) is 8.41. The van der Waals surface area contributed by atoms with Crippen LogP contribution >= 0.6 is 0 Å². The Balaban J connectivity index is 1.89. The zero-order chi connectivity index (χ0) is 13.2. The maximum atomic E-state index is 12.0. The van der Waals surface area contributed by atoms with E-state index in [4.69, 9.17) is 5.73 Å². The predicted molar refractivity (Wildman–Crippen MR) is 73.4 cm³/mol. The lowest BCUT2D eigenvalue weighted by Gasteiger charge is -2.32. The molecule has 0 saturated heterocycles. The fraction of sp³-hybridized carbons (Fsp3) is 0.533. The van der Waals surface area contributed by atoms with Crippen LogP contribution in [0.25, 0.3) is 0 Å². The normalized spacial score (nSPS) is 17.8. The molecule has 1 amide bonds. The maximum absolute atomic E-state index is 12.0. The van der Waals surface area contributed by atoms with Crippen molar-refractivity contribution < 1.29 is 4.79 Å². The third-order valence-corrected chi connectivity index (χ3v) is 4.18. The highest BCUT2D eigenvalue weighted by atomic mass is 16.2. The summed E-state index contributed by atoms with van der Waals surface area (Å²) in [5.41, 5.74) is 8.14. The van der Waals surface area contributed by atoms with Gasteiger partial charge in [0.05, 0.1) is 5.54 Å². The Morgan fingerprint density at radius 2 is 2.06 bits per heavy atom. The van der Waals surface area contributed by atoms with Crippen LogP contribution in [0.1, 0.15) is 43.7 Å². The molecule has 3 heteroatoms. The van der Waals surface area contributed by atoms with Gasteiger partial charge in [-0.2, -0.15) is 0 Å². The molecule has 0 bridgehead atoms. The van der Waals surface area contributed by atoms with Crippen LogP contribution in [-0.2, 0) is 11.2 Å². The molecule has 1 unspecified atom stereocenters. The molecular formula is C15H22N2O. The van der Waals surface area contributed by atoms with Crippen molar-refractivity contribution in [3.8, 4) is 0 Å². The molecule has 1 aromatic carbocycles. The average Bonchev–Trinajstić information content (AvgIpc) is 2.38. The summed E-state index contributed by atoms with van der Waals surface area (Å²) in [6.45, 7) is 4.62. The third-order valence-electron chi connectivity index (χ3n) is 4.18. The second-order valence-corrected chi connectivity index (χ2v) is 5.17. The highest BCUT2D eigenvalue weighted by Crippen LogP contribution is 2.34. The van der Waals surface area contributed by atoms with Crippen molar-refractivity contribution in [2.75, 3.05) is 6.54 Å². The largest absolute Gasteiger partial charge is 0.354 e. The Morgan fingerprint density at radius 3 is 2.67 bits per heavy atom. The number of nitrogens with two attached hydrogens (primary N) is 1. The van der Waals surface area contributed by atoms with Crippen molar-refractivity contribution >= 4 is 5.91 Å². The highest BCUT2D eigenvalue weighted by Gasteiger charge is 2.31. The number of carbonyl (C=O) groups is 1. The van der Waals surface area contributed by atoms with E-state index in [0.717, 1.165) is 6.42 Å². The van der Waals surface area contributed by atoms with Gasteiger partial charge in [-0.3, -0.25) is 4.79 Å². The van der Waals surface area contributed by atoms with Crippen molar-refractivity contribution in [2.24, 2.45) is 5.73 Å². The Bertz CT molecular complexity index is 438. The van der Waals surface area contributed by atoms with E-state index in [1.165, 1.54) is 11.1 Å². The fourth-order valence-corrected chi connectivity index (χ4v) is 2.51. The zero-order valence-corrected chi connectivity index (χ0v) is 11.2. The smallest absolute Gasteiger partial charge is 0.240 e. The Labute approximate surface area is 109 Å². The topological polar surface area (TPSA) is 55.1 Å². The molecule has 0 saturated carbocycles. The van der Waals surface area contributed by atoms with E-state index in [0.29, 0.717) is 25.3 Å². The molecule has 0 aliphatic heterocycles. The summed E-state index contributed by atoms with van der Waals surface area (Å²) in [4.78, 5) is 12.0. The van der Waals surface area contributed by atoms with E-state index in [2.05, 4.69) is 29.6 Å². The number of carbonyl (C=O) groups excluding carboxylic acids is 1. The molecule has 98 valence electrons. The molecular weight excluding hydrogens is 224 g/mol. The molecule has 0 radical (unpaired) electrons. The van der Waals surface area contributed by atoms with E-state index in [1.807, 2.05) is 13.8 Å². The molecule has 0 heterocycles. The molecule has 1 atom stereocenters. The summed E-state index contributed by atoms with van der Waals surface area (Å²) in [6.07, 6.45) is 2.42. The van der Waals surface area contributed by atoms with Crippen LogP contribution in [0.4, 0.5) is 0 Å². The van der Waals surface area contributed by atoms with Crippen LogP contribution in [0, 0.1) is 0 Å². The first-order chi connectivity index (χ1) is 8.60. The fourth-order valence-electron chi connectivity index (χ4n) is 2.51. The first-order valence-electron chi connectivity index (χ1n) is 6.75. The van der Waals surface area contributed by atoms with Gasteiger partial charge in [0.2, 0.25) is 5.91 Å². The molecule has 3 N–H and O–H groups in total. The summed E-state index contributed by atoms with van der Waals surface area (Å²) >= 11 is 0. The van der Waals surface area contributed by atoms with E-state index in [1.54, 1.807) is 0 Å². The molecule has 1 aliphatic carbocycles. The van der Waals surface area contributed by atoms with Crippen molar-refractivity contribution in [3.05, 3.63) is 35.4 Å². The average molecular weight is 246 g/mol. The molecule has 18 heavy (non-hydrogen) atoms. The lowest BCUT2D eigenvalue weighted by molar-refractivity contribution is -0.126. The molecule has 0 fully saturated rings. The number of benzene rings is 1. The standard InChI is InChI=1S/C15H22N2O/c1-3-15(16,4-2)14(18)17-10-12-9-11-7-5-6-8-13(11)12/h5-8,12H,3-4,9-10,16H2,1-2H3,(H,17,18). The number of nitrogens with one attached hydrogen (secondary N) is 1. The first-order valence-corrected chi connectivity index (χ1v) is 6.75. The van der Waals surface area contributed by atoms with E-state index in [9.17, 15) is 4.79 Å². The van der Waals surface area contributed by atoms with Crippen LogP contribution in [0.15, 0.2) is 24.3 Å². The first kappa shape index (κ1) is 13.1. The minimum atomic E-state index is -0.705. The Hall–Kier alpha value is -1.35. The third kappa shape index (κ3) is 2.27. The van der Waals surface area contributed by atoms with Gasteiger partial charge in [0.25, 0.3) is 0 Å². The summed E-state index contributed by atoms with van der Waals surface area (Å²) < 4.78 is 0. The molecule has 2 rings (SSSR count). The van der Waals surface area contributed by atoms with Crippen LogP contribution in [0.5, 0.6) is 0 Å². The van der Waals surface area contributed by atoms with Crippen LogP contribution in [-0.4, -0.2) is 18.0 Å². The number of rotatable bonds is 5. The minimum absolute atomic E-state index is 0.0168. The second-order valence-electron chi connectivity index (χ2n) is 5.17. The Kier molecular flexibility index (Phi) is 3.71. The lowest BCUT2D eigenvalue weighted by Crippen LogP contribution is -2.54. The second kappa shape index (κ2) is 5.11. The van der Waals surface area contributed by atoms with Gasteiger partial charge in [0, 0.05) is 12.5 Å². The zero-order valence-electron chi connectivity index (χ0n) is 11.2. The van der Waals surface area contributed by atoms with E-state index in [-0.39, 0.29) is 5.91 Å². The summed E-state index contributed by atoms with van der Waals surface area (Å²) in [5.74, 6) is 0.444. The van der Waals surface area contributed by atoms with Crippen molar-refractivity contribution in [1.29, 1.82) is 0 Å². The summed E-state index contributed by atoms with van der Waals surface area (Å²) in [7, 11) is 0. The van der Waals surface area contributed by atoms with Gasteiger partial charge in [-0.15, -0.1) is 0 Å². The quantitative estimate of drug-likeness (QED) is 0.834. The predicted octanol–water partition coefficient (Wildman–Crippen LogP) is 1.96. The van der Waals surface area contributed by atoms with Gasteiger partial charge in [-0.05, 0) is 30.4 Å². The number of amides is 1. The van der Waals surface area contributed by atoms with Crippen LogP contribution in [0.2, 0.25) is 0 Å². The maximum Gasteiger partial charge on any atom is 0.240 e. The van der Waals surface area contributed by atoms with E-state index < -0.39 is 5.54 Å². The van der Waals surface area contributed by atoms with E-state index >= 15 is 0 Å². The monoisotopic (exact) mass is 246 g/mol. The molecule has 3 nitrogen and oxygen atoms in total. The minimum Gasteiger partial charge on any atom is -0.354 e. The number of fused-ring (bicyclic) bond motifs is 1. The van der Waals surface area contributed by atoms with Crippen molar-refractivity contribution in [1.82, 2.24) is 5.32 Å². The van der Waals surface area contributed by atoms with Gasteiger partial charge in [-0.1, -0.05) is 38.1 Å². The lowest BCUT2D eigenvalue weighted by atomic mass is 9.77. The molecule has 0 spiro atoms. The summed E-state index contributed by atoms with van der Waals surface area (Å²) in [5, 5.41) is 3.00. The molecule has 1 aliphatic rings. The van der Waals surface area contributed by atoms with Gasteiger partial charge < -0.3 is 11.1 Å². The SMILES string of the molecule is CCC(N)(CC)C(=O)NCC1Cc2ccccc21. The molecule has 1 aromatic rings. The number of hydrogen-bond acceptors (Lipinski definition) is 2. The molecule has 0 aromatic heterocycles.